The van der Waals surface area contributed by atoms with Crippen molar-refractivity contribution in [3.05, 3.63) is 60.7 Å². The van der Waals surface area contributed by atoms with Crippen LogP contribution in [0.15, 0.2) is 49.1 Å². The molecule has 1 amide bonds. The number of carbonyl (C=O) groups excluding carboxylic acids is 1. The molecule has 0 atom stereocenters. The van der Waals surface area contributed by atoms with Crippen molar-refractivity contribution in [2.45, 2.75) is 19.4 Å². The lowest BCUT2D eigenvalue weighted by atomic mass is 9.98. The highest BCUT2D eigenvalue weighted by Gasteiger charge is 2.19. The number of nitrogens with zero attached hydrogens (tertiary/aromatic N) is 5. The van der Waals surface area contributed by atoms with Crippen LogP contribution in [0.1, 0.15) is 12.8 Å². The Morgan fingerprint density at radius 2 is 2.03 bits per heavy atom. The predicted octanol–water partition coefficient (Wildman–Crippen LogP) is 3.91. The van der Waals surface area contributed by atoms with Crippen molar-refractivity contribution in [3.8, 4) is 11.5 Å². The lowest BCUT2D eigenvalue weighted by Crippen LogP contribution is -2.32. The number of carbonyl (C=O) groups is 1. The third kappa shape index (κ3) is 5.80. The summed E-state index contributed by atoms with van der Waals surface area (Å²) in [5, 5.41) is 20.7. The van der Waals surface area contributed by atoms with Gasteiger partial charge < -0.3 is 25.4 Å². The number of halogens is 2. The van der Waals surface area contributed by atoms with Crippen LogP contribution in [0.4, 0.5) is 26.0 Å². The second-order valence-electron chi connectivity index (χ2n) is 9.32. The maximum absolute atomic E-state index is 13.8. The van der Waals surface area contributed by atoms with Crippen molar-refractivity contribution < 1.29 is 23.4 Å². The molecule has 1 saturated heterocycles. The maximum Gasteiger partial charge on any atom is 0.246 e. The van der Waals surface area contributed by atoms with E-state index in [1.807, 2.05) is 0 Å². The van der Waals surface area contributed by atoms with Crippen LogP contribution in [-0.2, 0) is 11.3 Å². The minimum Gasteiger partial charge on any atom is -0.504 e. The number of aromatic hydroxyl groups is 1. The molecule has 38 heavy (non-hydrogen) atoms. The van der Waals surface area contributed by atoms with E-state index >= 15 is 0 Å². The summed E-state index contributed by atoms with van der Waals surface area (Å²) in [6.45, 7) is 2.38. The molecule has 0 bridgehead atoms. The monoisotopic (exact) mass is 523 g/mol. The fraction of sp³-hybridized carbons (Fsp3) is 0.308. The maximum atomic E-state index is 13.8. The number of phenols is 1. The van der Waals surface area contributed by atoms with Crippen LogP contribution in [0.3, 0.4) is 0 Å². The number of phenolic OH excluding ortho intramolecular Hbond substituents is 1. The Kier molecular flexibility index (Phi) is 7.31. The molecule has 2 aromatic heterocycles. The summed E-state index contributed by atoms with van der Waals surface area (Å²) >= 11 is 0. The highest BCUT2D eigenvalue weighted by Crippen LogP contribution is 2.34. The number of piperidine rings is 1. The van der Waals surface area contributed by atoms with Crippen molar-refractivity contribution in [1.29, 1.82) is 0 Å². The molecular weight excluding hydrogens is 496 g/mol. The molecule has 4 aromatic rings. The summed E-state index contributed by atoms with van der Waals surface area (Å²) in [5.74, 6) is -1.53. The van der Waals surface area contributed by atoms with Gasteiger partial charge in [-0.15, -0.1) is 0 Å². The molecule has 0 saturated carbocycles. The van der Waals surface area contributed by atoms with Crippen molar-refractivity contribution in [1.82, 2.24) is 24.6 Å². The summed E-state index contributed by atoms with van der Waals surface area (Å²) in [7, 11) is 2.11. The Morgan fingerprint density at radius 1 is 1.21 bits per heavy atom. The number of hydrogen-bond acceptors (Lipinski definition) is 8. The molecule has 5 rings (SSSR count). The molecule has 1 aliphatic rings. The Labute approximate surface area is 217 Å². The summed E-state index contributed by atoms with van der Waals surface area (Å²) in [4.78, 5) is 23.2. The van der Waals surface area contributed by atoms with Gasteiger partial charge in [0, 0.05) is 17.6 Å². The van der Waals surface area contributed by atoms with E-state index in [-0.39, 0.29) is 18.0 Å². The number of likely N-dealkylation sites (tertiary alicyclic amines) is 1. The number of amides is 1. The van der Waals surface area contributed by atoms with Crippen LogP contribution in [0, 0.1) is 17.6 Å². The first-order valence-corrected chi connectivity index (χ1v) is 12.2. The fourth-order valence-electron chi connectivity index (χ4n) is 4.31. The second kappa shape index (κ2) is 11.0. The van der Waals surface area contributed by atoms with Gasteiger partial charge >= 0.3 is 0 Å². The van der Waals surface area contributed by atoms with Crippen LogP contribution < -0.4 is 15.4 Å². The number of benzene rings is 2. The van der Waals surface area contributed by atoms with E-state index in [9.17, 15) is 18.7 Å². The Morgan fingerprint density at radius 3 is 2.84 bits per heavy atom. The quantitative estimate of drug-likeness (QED) is 0.318. The second-order valence-corrected chi connectivity index (χ2v) is 9.32. The van der Waals surface area contributed by atoms with E-state index in [4.69, 9.17) is 4.74 Å². The lowest BCUT2D eigenvalue weighted by Gasteiger charge is -2.28. The van der Waals surface area contributed by atoms with Gasteiger partial charge in [-0.05, 0) is 57.1 Å². The third-order valence-electron chi connectivity index (χ3n) is 6.46. The topological polar surface area (TPSA) is 117 Å². The number of nitrogens with one attached hydrogen (secondary N) is 2. The average Bonchev–Trinajstić information content (AvgIpc) is 3.33. The molecule has 0 spiro atoms. The number of anilines is 3. The summed E-state index contributed by atoms with van der Waals surface area (Å²) < 4.78 is 34.4. The molecule has 0 radical (unpaired) electrons. The molecule has 3 N–H and O–H groups in total. The number of ether oxygens (including phenoxy) is 1. The Balaban J connectivity index is 1.24. The first-order chi connectivity index (χ1) is 18.4. The van der Waals surface area contributed by atoms with E-state index in [1.54, 1.807) is 18.3 Å². The molecule has 12 heteroatoms. The van der Waals surface area contributed by atoms with Gasteiger partial charge in [-0.2, -0.15) is 5.10 Å². The fourth-order valence-corrected chi connectivity index (χ4v) is 4.31. The van der Waals surface area contributed by atoms with Crippen LogP contribution in [-0.4, -0.2) is 62.4 Å². The molecule has 10 nitrogen and oxygen atoms in total. The van der Waals surface area contributed by atoms with Crippen LogP contribution in [0.2, 0.25) is 0 Å². The zero-order valence-electron chi connectivity index (χ0n) is 20.7. The van der Waals surface area contributed by atoms with E-state index < -0.39 is 17.5 Å². The summed E-state index contributed by atoms with van der Waals surface area (Å²) in [6.07, 6.45) is 6.56. The molecule has 0 unspecified atom stereocenters. The minimum absolute atomic E-state index is 0.0137. The van der Waals surface area contributed by atoms with Gasteiger partial charge in [0.25, 0.3) is 0 Å². The molecule has 1 fully saturated rings. The standard InChI is InChI=1S/C26H27F2N7O3/c1-34-7-5-16(6-8-34)14-38-23-10-21-18(9-22(23)36)26(30-15-29-21)32-17-11-31-35(12-17)13-24(37)33-20-4-2-3-19(27)25(20)28/h2-4,9-12,15-16,36H,5-8,13-14H2,1H3,(H,33,37)(H,29,30,32). The Bertz CT molecular complexity index is 1450. The molecule has 198 valence electrons. The first kappa shape index (κ1) is 25.3. The van der Waals surface area contributed by atoms with E-state index in [0.717, 1.165) is 32.0 Å². The predicted molar refractivity (Wildman–Crippen MR) is 137 cm³/mol. The van der Waals surface area contributed by atoms with Gasteiger partial charge in [0.05, 0.1) is 29.7 Å². The first-order valence-electron chi connectivity index (χ1n) is 12.2. The van der Waals surface area contributed by atoms with Crippen molar-refractivity contribution >= 4 is 34.0 Å². The van der Waals surface area contributed by atoms with Gasteiger partial charge in [-0.25, -0.2) is 18.7 Å². The number of rotatable bonds is 8. The largest absolute Gasteiger partial charge is 0.504 e. The van der Waals surface area contributed by atoms with Gasteiger partial charge in [-0.1, -0.05) is 6.07 Å². The third-order valence-corrected chi connectivity index (χ3v) is 6.46. The lowest BCUT2D eigenvalue weighted by molar-refractivity contribution is -0.116. The molecule has 0 aliphatic carbocycles. The zero-order chi connectivity index (χ0) is 26.6. The number of fused-ring (bicyclic) bond motifs is 1. The van der Waals surface area contributed by atoms with Crippen molar-refractivity contribution in [2.24, 2.45) is 5.92 Å². The normalized spacial score (nSPS) is 14.5. The Hall–Kier alpha value is -4.32. The number of hydrogen-bond donors (Lipinski definition) is 3. The van der Waals surface area contributed by atoms with E-state index in [0.29, 0.717) is 40.7 Å². The molecular formula is C26H27F2N7O3. The smallest absolute Gasteiger partial charge is 0.246 e. The van der Waals surface area contributed by atoms with Gasteiger partial charge in [-0.3, -0.25) is 9.48 Å². The van der Waals surface area contributed by atoms with Crippen LogP contribution in [0.5, 0.6) is 11.5 Å². The highest BCUT2D eigenvalue weighted by atomic mass is 19.2. The van der Waals surface area contributed by atoms with Crippen LogP contribution in [0.25, 0.3) is 10.9 Å². The van der Waals surface area contributed by atoms with Gasteiger partial charge in [0.15, 0.2) is 23.1 Å². The summed E-state index contributed by atoms with van der Waals surface area (Å²) in [5.41, 5.74) is 0.863. The average molecular weight is 524 g/mol. The minimum atomic E-state index is -1.13. The molecule has 3 heterocycles. The van der Waals surface area contributed by atoms with Crippen LogP contribution >= 0.6 is 0 Å². The molecule has 2 aromatic carbocycles. The number of aromatic nitrogens is 4. The molecule has 1 aliphatic heterocycles. The van der Waals surface area contributed by atoms with E-state index in [1.165, 1.54) is 29.3 Å². The van der Waals surface area contributed by atoms with E-state index in [2.05, 4.69) is 37.6 Å². The van der Waals surface area contributed by atoms with Crippen molar-refractivity contribution in [2.75, 3.05) is 37.4 Å². The van der Waals surface area contributed by atoms with Gasteiger partial charge in [0.1, 0.15) is 18.7 Å². The zero-order valence-corrected chi connectivity index (χ0v) is 20.7. The van der Waals surface area contributed by atoms with Crippen molar-refractivity contribution in [3.63, 3.8) is 0 Å². The van der Waals surface area contributed by atoms with Gasteiger partial charge in [0.2, 0.25) is 5.91 Å². The SMILES string of the molecule is CN1CCC(COc2cc3ncnc(Nc4cnn(CC(=O)Nc5cccc(F)c5F)c4)c3cc2O)CC1. The summed E-state index contributed by atoms with van der Waals surface area (Å²) in [6, 6.07) is 6.78. The highest BCUT2D eigenvalue weighted by molar-refractivity contribution is 5.93.